The second-order valence-corrected chi connectivity index (χ2v) is 6.00. The van der Waals surface area contributed by atoms with Crippen LogP contribution in [0.2, 0.25) is 0 Å². The van der Waals surface area contributed by atoms with Gasteiger partial charge in [0.2, 0.25) is 0 Å². The molecule has 1 heteroatoms. The molecule has 2 rings (SSSR count). The zero-order valence-electron chi connectivity index (χ0n) is 11.3. The van der Waals surface area contributed by atoms with Crippen LogP contribution in [0.15, 0.2) is 24.3 Å². The van der Waals surface area contributed by atoms with Gasteiger partial charge in [0.05, 0.1) is 0 Å². The van der Waals surface area contributed by atoms with Crippen molar-refractivity contribution in [1.82, 2.24) is 0 Å². The monoisotopic (exact) mass is 232 g/mol. The van der Waals surface area contributed by atoms with Gasteiger partial charge in [-0.3, -0.25) is 4.79 Å². The summed E-state index contributed by atoms with van der Waals surface area (Å²) >= 11 is 0. The van der Waals surface area contributed by atoms with Gasteiger partial charge in [0, 0.05) is 11.3 Å². The van der Waals surface area contributed by atoms with Gasteiger partial charge < -0.3 is 0 Å². The molecule has 0 bridgehead atoms. The average molecular weight is 232 g/mol. The normalized spacial score (nSPS) is 41.1. The van der Waals surface area contributed by atoms with E-state index in [9.17, 15) is 4.79 Å². The fraction of sp³-hybridized carbons (Fsp3) is 0.688. The van der Waals surface area contributed by atoms with E-state index in [2.05, 4.69) is 33.4 Å². The van der Waals surface area contributed by atoms with Crippen LogP contribution >= 0.6 is 0 Å². The Kier molecular flexibility index (Phi) is 3.29. The fourth-order valence-corrected chi connectivity index (χ4v) is 3.90. The first kappa shape index (κ1) is 12.6. The molecule has 0 radical (unpaired) electrons. The van der Waals surface area contributed by atoms with E-state index in [0.717, 1.165) is 6.42 Å². The zero-order chi connectivity index (χ0) is 12.6. The molecule has 0 unspecified atom stereocenters. The van der Waals surface area contributed by atoms with E-state index in [1.54, 1.807) is 0 Å². The van der Waals surface area contributed by atoms with Gasteiger partial charge >= 0.3 is 0 Å². The van der Waals surface area contributed by atoms with E-state index in [0.29, 0.717) is 17.6 Å². The molecule has 0 aromatic carbocycles. The fourth-order valence-electron chi connectivity index (χ4n) is 3.90. The molecule has 0 aromatic heterocycles. The minimum Gasteiger partial charge on any atom is -0.295 e. The van der Waals surface area contributed by atoms with Gasteiger partial charge in [0.15, 0.2) is 5.78 Å². The molecule has 1 spiro atoms. The lowest BCUT2D eigenvalue weighted by atomic mass is 9.57. The van der Waals surface area contributed by atoms with Crippen LogP contribution in [0.5, 0.6) is 0 Å². The van der Waals surface area contributed by atoms with Crippen LogP contribution in [-0.2, 0) is 4.79 Å². The number of ketones is 1. The molecule has 0 amide bonds. The molecule has 94 valence electrons. The van der Waals surface area contributed by atoms with Crippen LogP contribution in [0.4, 0.5) is 0 Å². The highest BCUT2D eigenvalue weighted by Gasteiger charge is 2.49. The lowest BCUT2D eigenvalue weighted by Gasteiger charge is -2.46. The minimum absolute atomic E-state index is 0.133. The summed E-state index contributed by atoms with van der Waals surface area (Å²) in [4.78, 5) is 11.9. The Bertz CT molecular complexity index is 366. The molecular formula is C16H24O. The van der Waals surface area contributed by atoms with Gasteiger partial charge in [0.25, 0.3) is 0 Å². The van der Waals surface area contributed by atoms with E-state index in [-0.39, 0.29) is 11.3 Å². The summed E-state index contributed by atoms with van der Waals surface area (Å²) in [5.41, 5.74) is 1.42. The first-order chi connectivity index (χ1) is 8.01. The third-order valence-electron chi connectivity index (χ3n) is 5.20. The van der Waals surface area contributed by atoms with E-state index in [1.165, 1.54) is 24.8 Å². The number of allylic oxidation sites excluding steroid dienone is 3. The van der Waals surface area contributed by atoms with Gasteiger partial charge in [-0.1, -0.05) is 38.5 Å². The van der Waals surface area contributed by atoms with Crippen molar-refractivity contribution >= 4 is 5.78 Å². The first-order valence-electron chi connectivity index (χ1n) is 6.89. The van der Waals surface area contributed by atoms with Crippen LogP contribution < -0.4 is 0 Å². The maximum atomic E-state index is 11.9. The van der Waals surface area contributed by atoms with Crippen molar-refractivity contribution in [2.45, 2.75) is 46.5 Å². The van der Waals surface area contributed by atoms with Crippen molar-refractivity contribution in [3.05, 3.63) is 24.3 Å². The SMILES string of the molecule is C=C(C)[C@H]1CC[C@H](CC)[C@]2(C=CC(=O)[C@H]2C)C1. The Morgan fingerprint density at radius 2 is 2.24 bits per heavy atom. The standard InChI is InChI=1S/C16H24O/c1-5-14-7-6-13(11(2)3)10-16(14)9-8-15(17)12(16)4/h8-9,12-14H,2,5-7,10H2,1,3-4H3/t12-,13+,14+,16-/m1/s1. The Balaban J connectivity index is 2.30. The summed E-state index contributed by atoms with van der Waals surface area (Å²) in [5.74, 6) is 1.78. The maximum absolute atomic E-state index is 11.9. The minimum atomic E-state index is 0.133. The van der Waals surface area contributed by atoms with Gasteiger partial charge in [-0.2, -0.15) is 0 Å². The molecule has 0 aliphatic heterocycles. The highest BCUT2D eigenvalue weighted by atomic mass is 16.1. The lowest BCUT2D eigenvalue weighted by molar-refractivity contribution is -0.121. The lowest BCUT2D eigenvalue weighted by Crippen LogP contribution is -2.40. The van der Waals surface area contributed by atoms with E-state index in [4.69, 9.17) is 0 Å². The van der Waals surface area contributed by atoms with Gasteiger partial charge in [0.1, 0.15) is 0 Å². The van der Waals surface area contributed by atoms with E-state index < -0.39 is 0 Å². The van der Waals surface area contributed by atoms with E-state index in [1.807, 2.05) is 6.08 Å². The molecule has 4 atom stereocenters. The number of carbonyl (C=O) groups excluding carboxylic acids is 1. The van der Waals surface area contributed by atoms with E-state index >= 15 is 0 Å². The van der Waals surface area contributed by atoms with Crippen molar-refractivity contribution < 1.29 is 4.79 Å². The van der Waals surface area contributed by atoms with Crippen LogP contribution in [0.1, 0.15) is 46.5 Å². The summed E-state index contributed by atoms with van der Waals surface area (Å²) in [6.45, 7) is 10.6. The third kappa shape index (κ3) is 1.90. The molecule has 1 nitrogen and oxygen atoms in total. The van der Waals surface area contributed by atoms with Crippen molar-refractivity contribution in [2.75, 3.05) is 0 Å². The molecule has 2 aliphatic rings. The molecular weight excluding hydrogens is 208 g/mol. The average Bonchev–Trinajstić information content (AvgIpc) is 2.58. The van der Waals surface area contributed by atoms with Crippen LogP contribution in [0.25, 0.3) is 0 Å². The number of carbonyl (C=O) groups is 1. The molecule has 1 fully saturated rings. The molecule has 17 heavy (non-hydrogen) atoms. The van der Waals surface area contributed by atoms with Gasteiger partial charge in [-0.25, -0.2) is 0 Å². The Morgan fingerprint density at radius 3 is 2.71 bits per heavy atom. The van der Waals surface area contributed by atoms with Gasteiger partial charge in [-0.05, 0) is 44.1 Å². The quantitative estimate of drug-likeness (QED) is 0.654. The van der Waals surface area contributed by atoms with Crippen LogP contribution in [0.3, 0.4) is 0 Å². The number of rotatable bonds is 2. The smallest absolute Gasteiger partial charge is 0.159 e. The topological polar surface area (TPSA) is 17.1 Å². The predicted octanol–water partition coefficient (Wildman–Crippen LogP) is 4.15. The Morgan fingerprint density at radius 1 is 1.53 bits per heavy atom. The Labute approximate surface area is 105 Å². The molecule has 0 aromatic rings. The molecule has 0 N–H and O–H groups in total. The maximum Gasteiger partial charge on any atom is 0.159 e. The van der Waals surface area contributed by atoms with Crippen molar-refractivity contribution in [2.24, 2.45) is 23.2 Å². The van der Waals surface area contributed by atoms with Gasteiger partial charge in [-0.15, -0.1) is 0 Å². The summed E-state index contributed by atoms with van der Waals surface area (Å²) in [7, 11) is 0. The predicted molar refractivity (Wildman–Crippen MR) is 71.7 cm³/mol. The number of hydrogen-bond acceptors (Lipinski definition) is 1. The summed E-state index contributed by atoms with van der Waals surface area (Å²) in [6.07, 6.45) is 8.87. The van der Waals surface area contributed by atoms with Crippen LogP contribution in [0, 0.1) is 23.2 Å². The summed E-state index contributed by atoms with van der Waals surface area (Å²) in [6, 6.07) is 0. The molecule has 1 saturated carbocycles. The zero-order valence-corrected chi connectivity index (χ0v) is 11.3. The van der Waals surface area contributed by atoms with Crippen LogP contribution in [-0.4, -0.2) is 5.78 Å². The molecule has 0 heterocycles. The molecule has 0 saturated heterocycles. The highest BCUT2D eigenvalue weighted by molar-refractivity contribution is 5.95. The van der Waals surface area contributed by atoms with Crippen molar-refractivity contribution in [1.29, 1.82) is 0 Å². The highest BCUT2D eigenvalue weighted by Crippen LogP contribution is 2.54. The second kappa shape index (κ2) is 4.44. The summed E-state index contributed by atoms with van der Waals surface area (Å²) in [5, 5.41) is 0. The Hall–Kier alpha value is -0.850. The number of hydrogen-bond donors (Lipinski definition) is 0. The summed E-state index contributed by atoms with van der Waals surface area (Å²) < 4.78 is 0. The molecule has 2 aliphatic carbocycles. The first-order valence-corrected chi connectivity index (χ1v) is 6.89. The third-order valence-corrected chi connectivity index (χ3v) is 5.20. The second-order valence-electron chi connectivity index (χ2n) is 6.00. The van der Waals surface area contributed by atoms with Crippen molar-refractivity contribution in [3.63, 3.8) is 0 Å². The van der Waals surface area contributed by atoms with Crippen molar-refractivity contribution in [3.8, 4) is 0 Å². The largest absolute Gasteiger partial charge is 0.295 e.